The van der Waals surface area contributed by atoms with Crippen LogP contribution in [0.3, 0.4) is 0 Å². The average Bonchev–Trinajstić information content (AvgIpc) is 2.44. The second kappa shape index (κ2) is 5.44. The van der Waals surface area contributed by atoms with Crippen LogP contribution in [0.1, 0.15) is 34.0 Å². The number of hydrogen-bond acceptors (Lipinski definition) is 4. The van der Waals surface area contributed by atoms with Crippen LogP contribution in [-0.4, -0.2) is 21.1 Å². The molecule has 2 aromatic carbocycles. The maximum atomic E-state index is 13.8. The summed E-state index contributed by atoms with van der Waals surface area (Å²) in [4.78, 5) is 12.4. The summed E-state index contributed by atoms with van der Waals surface area (Å²) in [5, 5.41) is 29.1. The first-order valence-corrected chi connectivity index (χ1v) is 6.44. The number of carbonyl (C=O) groups excluding carboxylic acids is 1. The Labute approximate surface area is 121 Å². The Kier molecular flexibility index (Phi) is 3.84. The highest BCUT2D eigenvalue weighted by atomic mass is 19.1. The lowest BCUT2D eigenvalue weighted by atomic mass is 9.95. The standard InChI is InChI=1S/C16H15FO4/c1-3-9-6-12(15(20)8(2)14(9)19)16(21)11-5-4-10(18)7-13(11)17/h4-7,18-20H,3H2,1-2H3. The predicted molar refractivity (Wildman–Crippen MR) is 75.4 cm³/mol. The van der Waals surface area contributed by atoms with E-state index in [2.05, 4.69) is 0 Å². The van der Waals surface area contributed by atoms with Gasteiger partial charge in [-0.05, 0) is 37.1 Å². The van der Waals surface area contributed by atoms with E-state index in [9.17, 15) is 24.5 Å². The van der Waals surface area contributed by atoms with Gasteiger partial charge in [-0.15, -0.1) is 0 Å². The molecule has 0 aliphatic heterocycles. The quantitative estimate of drug-likeness (QED) is 0.759. The molecule has 4 nitrogen and oxygen atoms in total. The highest BCUT2D eigenvalue weighted by Crippen LogP contribution is 2.35. The van der Waals surface area contributed by atoms with Gasteiger partial charge < -0.3 is 15.3 Å². The van der Waals surface area contributed by atoms with E-state index in [4.69, 9.17) is 0 Å². The molecule has 0 unspecified atom stereocenters. The number of aryl methyl sites for hydroxylation is 1. The largest absolute Gasteiger partial charge is 0.508 e. The third-order valence-corrected chi connectivity index (χ3v) is 3.41. The van der Waals surface area contributed by atoms with Crippen molar-refractivity contribution in [1.82, 2.24) is 0 Å². The van der Waals surface area contributed by atoms with Crippen LogP contribution in [0.5, 0.6) is 17.2 Å². The van der Waals surface area contributed by atoms with Crippen LogP contribution in [0.2, 0.25) is 0 Å². The van der Waals surface area contributed by atoms with E-state index in [1.54, 1.807) is 6.92 Å². The summed E-state index contributed by atoms with van der Waals surface area (Å²) >= 11 is 0. The maximum Gasteiger partial charge on any atom is 0.199 e. The second-order valence-electron chi connectivity index (χ2n) is 4.75. The number of halogens is 1. The summed E-state index contributed by atoms with van der Waals surface area (Å²) in [6.45, 7) is 3.27. The summed E-state index contributed by atoms with van der Waals surface area (Å²) in [6, 6.07) is 4.53. The van der Waals surface area contributed by atoms with Crippen molar-refractivity contribution in [3.05, 3.63) is 52.3 Å². The Morgan fingerprint density at radius 3 is 2.33 bits per heavy atom. The zero-order valence-corrected chi connectivity index (χ0v) is 11.6. The van der Waals surface area contributed by atoms with E-state index in [0.717, 1.165) is 12.1 Å². The molecule has 0 bridgehead atoms. The van der Waals surface area contributed by atoms with Crippen LogP contribution in [0.15, 0.2) is 24.3 Å². The zero-order chi connectivity index (χ0) is 15.7. The molecule has 0 fully saturated rings. The van der Waals surface area contributed by atoms with E-state index in [-0.39, 0.29) is 33.9 Å². The first kappa shape index (κ1) is 14.8. The van der Waals surface area contributed by atoms with Crippen molar-refractivity contribution in [1.29, 1.82) is 0 Å². The van der Waals surface area contributed by atoms with Gasteiger partial charge >= 0.3 is 0 Å². The van der Waals surface area contributed by atoms with E-state index >= 15 is 0 Å². The van der Waals surface area contributed by atoms with Gasteiger partial charge in [0.25, 0.3) is 0 Å². The first-order valence-electron chi connectivity index (χ1n) is 6.44. The minimum atomic E-state index is -0.872. The molecule has 0 aromatic heterocycles. The molecule has 0 aliphatic rings. The van der Waals surface area contributed by atoms with Gasteiger partial charge in [-0.25, -0.2) is 4.39 Å². The summed E-state index contributed by atoms with van der Waals surface area (Å²) < 4.78 is 13.8. The van der Waals surface area contributed by atoms with E-state index in [0.29, 0.717) is 12.0 Å². The lowest BCUT2D eigenvalue weighted by molar-refractivity contribution is 0.103. The molecule has 0 saturated heterocycles. The Morgan fingerprint density at radius 1 is 1.10 bits per heavy atom. The highest BCUT2D eigenvalue weighted by molar-refractivity contribution is 6.11. The molecule has 0 amide bonds. The smallest absolute Gasteiger partial charge is 0.199 e. The minimum Gasteiger partial charge on any atom is -0.508 e. The number of carbonyl (C=O) groups is 1. The van der Waals surface area contributed by atoms with Crippen LogP contribution in [-0.2, 0) is 6.42 Å². The Hall–Kier alpha value is -2.56. The third-order valence-electron chi connectivity index (χ3n) is 3.41. The summed E-state index contributed by atoms with van der Waals surface area (Å²) in [7, 11) is 0. The molecule has 0 saturated carbocycles. The number of benzene rings is 2. The van der Waals surface area contributed by atoms with Crippen molar-refractivity contribution in [2.24, 2.45) is 0 Å². The predicted octanol–water partition coefficient (Wildman–Crippen LogP) is 3.04. The Balaban J connectivity index is 2.61. The summed E-state index contributed by atoms with van der Waals surface area (Å²) in [5.74, 6) is -2.31. The molecule has 0 atom stereocenters. The monoisotopic (exact) mass is 290 g/mol. The molecular formula is C16H15FO4. The Morgan fingerprint density at radius 2 is 1.76 bits per heavy atom. The van der Waals surface area contributed by atoms with Gasteiger partial charge in [-0.2, -0.15) is 0 Å². The second-order valence-corrected chi connectivity index (χ2v) is 4.75. The number of ketones is 1. The summed E-state index contributed by atoms with van der Waals surface area (Å²) in [5.41, 5.74) is 0.340. The third kappa shape index (κ3) is 2.54. The van der Waals surface area contributed by atoms with Crippen molar-refractivity contribution >= 4 is 5.78 Å². The summed E-state index contributed by atoms with van der Waals surface area (Å²) in [6.07, 6.45) is 0.464. The fourth-order valence-corrected chi connectivity index (χ4v) is 2.14. The van der Waals surface area contributed by atoms with Crippen LogP contribution in [0.4, 0.5) is 4.39 Å². The average molecular weight is 290 g/mol. The van der Waals surface area contributed by atoms with Crippen molar-refractivity contribution in [2.45, 2.75) is 20.3 Å². The first-order chi connectivity index (χ1) is 9.86. The number of aromatic hydroxyl groups is 3. The van der Waals surface area contributed by atoms with Gasteiger partial charge in [0.05, 0.1) is 11.1 Å². The van der Waals surface area contributed by atoms with Crippen LogP contribution < -0.4 is 0 Å². The normalized spacial score (nSPS) is 10.6. The topological polar surface area (TPSA) is 77.8 Å². The molecule has 0 heterocycles. The number of phenols is 3. The molecule has 21 heavy (non-hydrogen) atoms. The van der Waals surface area contributed by atoms with Crippen LogP contribution in [0.25, 0.3) is 0 Å². The number of rotatable bonds is 3. The molecule has 0 spiro atoms. The molecular weight excluding hydrogens is 275 g/mol. The van der Waals surface area contributed by atoms with Gasteiger partial charge in [0.2, 0.25) is 0 Å². The van der Waals surface area contributed by atoms with Crippen molar-refractivity contribution in [2.75, 3.05) is 0 Å². The molecule has 0 aliphatic carbocycles. The lowest BCUT2D eigenvalue weighted by Gasteiger charge is -2.12. The van der Waals surface area contributed by atoms with Crippen LogP contribution in [0, 0.1) is 12.7 Å². The van der Waals surface area contributed by atoms with Gasteiger partial charge in [0.15, 0.2) is 5.78 Å². The molecule has 3 N–H and O–H groups in total. The van der Waals surface area contributed by atoms with Gasteiger partial charge in [-0.3, -0.25) is 4.79 Å². The highest BCUT2D eigenvalue weighted by Gasteiger charge is 2.22. The lowest BCUT2D eigenvalue weighted by Crippen LogP contribution is -2.06. The van der Waals surface area contributed by atoms with E-state index < -0.39 is 11.6 Å². The van der Waals surface area contributed by atoms with Crippen molar-refractivity contribution in [3.63, 3.8) is 0 Å². The maximum absolute atomic E-state index is 13.8. The fourth-order valence-electron chi connectivity index (χ4n) is 2.14. The molecule has 2 aromatic rings. The van der Waals surface area contributed by atoms with Gasteiger partial charge in [-0.1, -0.05) is 6.92 Å². The molecule has 110 valence electrons. The van der Waals surface area contributed by atoms with Gasteiger partial charge in [0.1, 0.15) is 23.1 Å². The van der Waals surface area contributed by atoms with Gasteiger partial charge in [0, 0.05) is 11.6 Å². The van der Waals surface area contributed by atoms with Crippen molar-refractivity contribution < 1.29 is 24.5 Å². The Bertz CT molecular complexity index is 723. The minimum absolute atomic E-state index is 0.0715. The molecule has 2 rings (SSSR count). The van der Waals surface area contributed by atoms with Crippen molar-refractivity contribution in [3.8, 4) is 17.2 Å². The number of phenolic OH excluding ortho intramolecular Hbond substituents is 3. The molecule has 5 heteroatoms. The zero-order valence-electron chi connectivity index (χ0n) is 11.6. The number of hydrogen-bond donors (Lipinski definition) is 3. The van der Waals surface area contributed by atoms with E-state index in [1.165, 1.54) is 19.1 Å². The molecule has 0 radical (unpaired) electrons. The van der Waals surface area contributed by atoms with Crippen LogP contribution >= 0.6 is 0 Å². The van der Waals surface area contributed by atoms with E-state index in [1.807, 2.05) is 0 Å². The fraction of sp³-hybridized carbons (Fsp3) is 0.188. The SMILES string of the molecule is CCc1cc(C(=O)c2ccc(O)cc2F)c(O)c(C)c1O.